The first-order chi connectivity index (χ1) is 9.04. The highest BCUT2D eigenvalue weighted by Gasteiger charge is 2.20. The van der Waals surface area contributed by atoms with Crippen LogP contribution in [0, 0.1) is 0 Å². The largest absolute Gasteiger partial charge is 0.376 e. The summed E-state index contributed by atoms with van der Waals surface area (Å²) in [4.78, 5) is 24.6. The van der Waals surface area contributed by atoms with Gasteiger partial charge in [-0.05, 0) is 18.2 Å². The molecule has 1 saturated heterocycles. The molecule has 1 heterocycles. The molecule has 0 saturated carbocycles. The molecule has 1 aliphatic heterocycles. The zero-order chi connectivity index (χ0) is 13.8. The highest BCUT2D eigenvalue weighted by atomic mass is 35.5. The van der Waals surface area contributed by atoms with Gasteiger partial charge in [0, 0.05) is 28.8 Å². The van der Waals surface area contributed by atoms with Gasteiger partial charge < -0.3 is 15.5 Å². The molecule has 0 radical (unpaired) electrons. The first kappa shape index (κ1) is 14.0. The summed E-state index contributed by atoms with van der Waals surface area (Å²) < 4.78 is 0. The number of carbonyl (C=O) groups excluding carboxylic acids is 2. The third kappa shape index (κ3) is 4.01. The lowest BCUT2D eigenvalue weighted by molar-refractivity contribution is -0.136. The van der Waals surface area contributed by atoms with Crippen molar-refractivity contribution in [2.24, 2.45) is 0 Å². The van der Waals surface area contributed by atoms with Crippen molar-refractivity contribution in [3.05, 3.63) is 28.2 Å². The first-order valence-corrected chi connectivity index (χ1v) is 6.54. The second kappa shape index (κ2) is 6.12. The van der Waals surface area contributed by atoms with Crippen LogP contribution in [0.15, 0.2) is 18.2 Å². The number of piperazine rings is 1. The second-order valence-corrected chi connectivity index (χ2v) is 5.05. The van der Waals surface area contributed by atoms with E-state index in [9.17, 15) is 9.59 Å². The van der Waals surface area contributed by atoms with Crippen molar-refractivity contribution in [2.45, 2.75) is 0 Å². The third-order valence-corrected chi connectivity index (χ3v) is 3.13. The number of carbonyl (C=O) groups is 2. The van der Waals surface area contributed by atoms with Crippen LogP contribution in [0.5, 0.6) is 0 Å². The van der Waals surface area contributed by atoms with Crippen LogP contribution >= 0.6 is 23.2 Å². The van der Waals surface area contributed by atoms with E-state index in [1.807, 2.05) is 0 Å². The second-order valence-electron chi connectivity index (χ2n) is 4.18. The quantitative estimate of drug-likeness (QED) is 0.886. The van der Waals surface area contributed by atoms with Gasteiger partial charge in [-0.15, -0.1) is 0 Å². The van der Waals surface area contributed by atoms with Crippen molar-refractivity contribution in [1.29, 1.82) is 0 Å². The fourth-order valence-electron chi connectivity index (χ4n) is 1.80. The van der Waals surface area contributed by atoms with E-state index in [0.717, 1.165) is 0 Å². The molecule has 2 rings (SSSR count). The van der Waals surface area contributed by atoms with Crippen molar-refractivity contribution in [2.75, 3.05) is 31.5 Å². The summed E-state index contributed by atoms with van der Waals surface area (Å²) in [5.74, 6) is -0.267. The Morgan fingerprint density at radius 2 is 2.00 bits per heavy atom. The Bertz CT molecular complexity index is 487. The Hall–Kier alpha value is -1.46. The minimum Gasteiger partial charge on any atom is -0.376 e. The molecule has 2 N–H and O–H groups in total. The maximum atomic E-state index is 11.9. The number of rotatable bonds is 3. The van der Waals surface area contributed by atoms with Crippen LogP contribution in [0.2, 0.25) is 10.0 Å². The Kier molecular flexibility index (Phi) is 4.50. The van der Waals surface area contributed by atoms with Crippen LogP contribution in [-0.2, 0) is 9.59 Å². The smallest absolute Gasteiger partial charge is 0.242 e. The number of benzene rings is 1. The molecule has 1 aromatic rings. The molecule has 102 valence electrons. The van der Waals surface area contributed by atoms with E-state index in [0.29, 0.717) is 28.8 Å². The Morgan fingerprint density at radius 1 is 1.32 bits per heavy atom. The van der Waals surface area contributed by atoms with Gasteiger partial charge in [-0.25, -0.2) is 0 Å². The maximum Gasteiger partial charge on any atom is 0.242 e. The van der Waals surface area contributed by atoms with Crippen molar-refractivity contribution >= 4 is 40.7 Å². The summed E-state index contributed by atoms with van der Waals surface area (Å²) in [5.41, 5.74) is 0.673. The molecule has 1 aromatic carbocycles. The molecule has 7 heteroatoms. The fourth-order valence-corrected chi connectivity index (χ4v) is 2.32. The van der Waals surface area contributed by atoms with Gasteiger partial charge >= 0.3 is 0 Å². The number of halogens is 2. The number of hydrogen-bond donors (Lipinski definition) is 2. The van der Waals surface area contributed by atoms with Crippen LogP contribution in [0.1, 0.15) is 0 Å². The van der Waals surface area contributed by atoms with Gasteiger partial charge in [0.15, 0.2) is 0 Å². The minimum absolute atomic E-state index is 0.101. The summed E-state index contributed by atoms with van der Waals surface area (Å²) in [7, 11) is 0. The van der Waals surface area contributed by atoms with Crippen LogP contribution in [0.4, 0.5) is 5.69 Å². The first-order valence-electron chi connectivity index (χ1n) is 5.79. The van der Waals surface area contributed by atoms with Crippen LogP contribution < -0.4 is 10.6 Å². The molecule has 2 amide bonds. The van der Waals surface area contributed by atoms with Gasteiger partial charge in [0.25, 0.3) is 0 Å². The lowest BCUT2D eigenvalue weighted by Gasteiger charge is -2.26. The van der Waals surface area contributed by atoms with Crippen LogP contribution in [-0.4, -0.2) is 42.9 Å². The average molecular weight is 302 g/mol. The summed E-state index contributed by atoms with van der Waals surface area (Å²) in [6.45, 7) is 1.23. The molecular weight excluding hydrogens is 289 g/mol. The van der Waals surface area contributed by atoms with E-state index in [1.165, 1.54) is 4.90 Å². The number of hydrogen-bond acceptors (Lipinski definition) is 3. The fraction of sp³-hybridized carbons (Fsp3) is 0.333. The molecule has 0 unspecified atom stereocenters. The predicted octanol–water partition coefficient (Wildman–Crippen LogP) is 1.36. The van der Waals surface area contributed by atoms with Gasteiger partial charge in [-0.1, -0.05) is 23.2 Å². The standard InChI is InChI=1S/C12H13Cl2N3O2/c13-8-3-9(14)5-10(4-8)16-6-12(19)17-2-1-15-11(18)7-17/h3-5,16H,1-2,6-7H2,(H,15,18). The molecule has 0 spiro atoms. The van der Waals surface area contributed by atoms with Gasteiger partial charge in [0.05, 0.1) is 13.1 Å². The number of anilines is 1. The molecule has 0 bridgehead atoms. The van der Waals surface area contributed by atoms with E-state index in [4.69, 9.17) is 23.2 Å². The van der Waals surface area contributed by atoms with E-state index >= 15 is 0 Å². The molecule has 0 aromatic heterocycles. The Morgan fingerprint density at radius 3 is 2.63 bits per heavy atom. The lowest BCUT2D eigenvalue weighted by Crippen LogP contribution is -2.51. The summed E-state index contributed by atoms with van der Waals surface area (Å²) in [6.07, 6.45) is 0. The summed E-state index contributed by atoms with van der Waals surface area (Å²) in [5, 5.41) is 6.61. The predicted molar refractivity (Wildman–Crippen MR) is 74.5 cm³/mol. The number of nitrogens with zero attached hydrogens (tertiary/aromatic N) is 1. The van der Waals surface area contributed by atoms with E-state index in [1.54, 1.807) is 18.2 Å². The SMILES string of the molecule is O=C1CN(C(=O)CNc2cc(Cl)cc(Cl)c2)CCN1. The van der Waals surface area contributed by atoms with Gasteiger partial charge in [0.1, 0.15) is 0 Å². The molecule has 0 atom stereocenters. The maximum absolute atomic E-state index is 11.9. The lowest BCUT2D eigenvalue weighted by atomic mass is 10.3. The third-order valence-electron chi connectivity index (χ3n) is 2.70. The highest BCUT2D eigenvalue weighted by Crippen LogP contribution is 2.22. The summed E-state index contributed by atoms with van der Waals surface area (Å²) in [6, 6.07) is 4.98. The van der Waals surface area contributed by atoms with Gasteiger partial charge in [-0.3, -0.25) is 9.59 Å². The average Bonchev–Trinajstić information content (AvgIpc) is 2.35. The Balaban J connectivity index is 1.90. The molecule has 19 heavy (non-hydrogen) atoms. The van der Waals surface area contributed by atoms with E-state index in [2.05, 4.69) is 10.6 Å². The van der Waals surface area contributed by atoms with Crippen molar-refractivity contribution in [3.8, 4) is 0 Å². The zero-order valence-electron chi connectivity index (χ0n) is 10.1. The van der Waals surface area contributed by atoms with E-state index in [-0.39, 0.29) is 24.9 Å². The zero-order valence-corrected chi connectivity index (χ0v) is 11.6. The highest BCUT2D eigenvalue weighted by molar-refractivity contribution is 6.35. The van der Waals surface area contributed by atoms with Crippen molar-refractivity contribution in [3.63, 3.8) is 0 Å². The van der Waals surface area contributed by atoms with Crippen molar-refractivity contribution in [1.82, 2.24) is 10.2 Å². The normalized spacial score (nSPS) is 15.1. The topological polar surface area (TPSA) is 61.4 Å². The van der Waals surface area contributed by atoms with Gasteiger partial charge in [0.2, 0.25) is 11.8 Å². The molecule has 1 aliphatic rings. The molecule has 5 nitrogen and oxygen atoms in total. The number of amides is 2. The van der Waals surface area contributed by atoms with Crippen LogP contribution in [0.25, 0.3) is 0 Å². The van der Waals surface area contributed by atoms with Crippen LogP contribution in [0.3, 0.4) is 0 Å². The van der Waals surface area contributed by atoms with Crippen molar-refractivity contribution < 1.29 is 9.59 Å². The monoisotopic (exact) mass is 301 g/mol. The molecule has 1 fully saturated rings. The molecular formula is C12H13Cl2N3O2. The van der Waals surface area contributed by atoms with E-state index < -0.39 is 0 Å². The van der Waals surface area contributed by atoms with Gasteiger partial charge in [-0.2, -0.15) is 0 Å². The summed E-state index contributed by atoms with van der Waals surface area (Å²) >= 11 is 11.7. The molecule has 0 aliphatic carbocycles. The minimum atomic E-state index is -0.134. The Labute approximate surface area is 120 Å². The number of nitrogens with one attached hydrogen (secondary N) is 2.